The average molecular weight is 313 g/mol. The fraction of sp³-hybridized carbons (Fsp3) is 0.188. The number of rotatable bonds is 4. The molecule has 1 amide bonds. The van der Waals surface area contributed by atoms with E-state index in [0.717, 1.165) is 21.8 Å². The zero-order valence-electron chi connectivity index (χ0n) is 12.3. The van der Waals surface area contributed by atoms with Crippen molar-refractivity contribution in [3.8, 4) is 10.6 Å². The standard InChI is InChI=1S/C16H15N3O2S/c1-10-14(11(2)21-19-10)16-18-9-13(22-16)15(20)17-8-12-6-4-3-5-7-12/h3-7,9H,8H2,1-2H3,(H,17,20). The third-order valence-electron chi connectivity index (χ3n) is 3.27. The molecule has 22 heavy (non-hydrogen) atoms. The second-order valence-corrected chi connectivity index (χ2v) is 5.93. The summed E-state index contributed by atoms with van der Waals surface area (Å²) in [7, 11) is 0. The molecule has 5 nitrogen and oxygen atoms in total. The smallest absolute Gasteiger partial charge is 0.263 e. The van der Waals surface area contributed by atoms with Crippen LogP contribution in [0.5, 0.6) is 0 Å². The molecule has 0 bridgehead atoms. The molecule has 0 aliphatic heterocycles. The maximum absolute atomic E-state index is 12.2. The highest BCUT2D eigenvalue weighted by Gasteiger charge is 2.17. The van der Waals surface area contributed by atoms with Crippen molar-refractivity contribution in [3.05, 3.63) is 58.4 Å². The van der Waals surface area contributed by atoms with E-state index in [-0.39, 0.29) is 5.91 Å². The van der Waals surface area contributed by atoms with E-state index < -0.39 is 0 Å². The molecule has 1 aromatic carbocycles. The molecule has 2 heterocycles. The molecule has 2 aromatic heterocycles. The molecule has 0 saturated carbocycles. The van der Waals surface area contributed by atoms with Crippen LogP contribution in [0.25, 0.3) is 10.6 Å². The Morgan fingerprint density at radius 3 is 2.73 bits per heavy atom. The van der Waals surface area contributed by atoms with Gasteiger partial charge in [0.05, 0.1) is 17.5 Å². The molecule has 0 radical (unpaired) electrons. The second-order valence-electron chi connectivity index (χ2n) is 4.90. The van der Waals surface area contributed by atoms with Crippen LogP contribution >= 0.6 is 11.3 Å². The van der Waals surface area contributed by atoms with Gasteiger partial charge in [-0.1, -0.05) is 35.5 Å². The van der Waals surface area contributed by atoms with Gasteiger partial charge >= 0.3 is 0 Å². The molecule has 0 fully saturated rings. The molecule has 0 atom stereocenters. The fourth-order valence-corrected chi connectivity index (χ4v) is 3.13. The predicted octanol–water partition coefficient (Wildman–Crippen LogP) is 3.34. The highest BCUT2D eigenvalue weighted by atomic mass is 32.1. The normalized spacial score (nSPS) is 10.6. The predicted molar refractivity (Wildman–Crippen MR) is 84.7 cm³/mol. The Kier molecular flexibility index (Phi) is 4.02. The zero-order valence-corrected chi connectivity index (χ0v) is 13.1. The van der Waals surface area contributed by atoms with E-state index in [2.05, 4.69) is 15.5 Å². The van der Waals surface area contributed by atoms with E-state index in [1.807, 2.05) is 44.2 Å². The van der Waals surface area contributed by atoms with Crippen LogP contribution in [0.2, 0.25) is 0 Å². The van der Waals surface area contributed by atoms with Gasteiger partial charge in [-0.3, -0.25) is 4.79 Å². The first-order chi connectivity index (χ1) is 10.6. The Bertz CT molecular complexity index is 773. The van der Waals surface area contributed by atoms with E-state index in [0.29, 0.717) is 17.2 Å². The van der Waals surface area contributed by atoms with Gasteiger partial charge in [0.15, 0.2) is 0 Å². The summed E-state index contributed by atoms with van der Waals surface area (Å²) in [5.74, 6) is 0.586. The largest absolute Gasteiger partial charge is 0.361 e. The van der Waals surface area contributed by atoms with Crippen LogP contribution in [0, 0.1) is 13.8 Å². The Morgan fingerprint density at radius 2 is 2.05 bits per heavy atom. The highest BCUT2D eigenvalue weighted by Crippen LogP contribution is 2.30. The lowest BCUT2D eigenvalue weighted by Crippen LogP contribution is -2.21. The number of aromatic nitrogens is 2. The topological polar surface area (TPSA) is 68.0 Å². The van der Waals surface area contributed by atoms with Gasteiger partial charge in [0.2, 0.25) is 0 Å². The SMILES string of the molecule is Cc1noc(C)c1-c1ncc(C(=O)NCc2ccccc2)s1. The lowest BCUT2D eigenvalue weighted by Gasteiger charge is -2.02. The van der Waals surface area contributed by atoms with Crippen LogP contribution in [-0.4, -0.2) is 16.0 Å². The number of benzene rings is 1. The van der Waals surface area contributed by atoms with Crippen molar-refractivity contribution in [1.82, 2.24) is 15.5 Å². The lowest BCUT2D eigenvalue weighted by molar-refractivity contribution is 0.0955. The summed E-state index contributed by atoms with van der Waals surface area (Å²) in [5, 5.41) is 7.56. The highest BCUT2D eigenvalue weighted by molar-refractivity contribution is 7.16. The van der Waals surface area contributed by atoms with Crippen LogP contribution in [0.4, 0.5) is 0 Å². The Balaban J connectivity index is 1.72. The Hall–Kier alpha value is -2.47. The first-order valence-electron chi connectivity index (χ1n) is 6.86. The van der Waals surface area contributed by atoms with Crippen molar-refractivity contribution in [3.63, 3.8) is 0 Å². The third-order valence-corrected chi connectivity index (χ3v) is 4.29. The third kappa shape index (κ3) is 2.92. The average Bonchev–Trinajstić information content (AvgIpc) is 3.13. The maximum atomic E-state index is 12.2. The van der Waals surface area contributed by atoms with Gasteiger partial charge in [0.1, 0.15) is 15.6 Å². The van der Waals surface area contributed by atoms with Gasteiger partial charge in [-0.05, 0) is 19.4 Å². The lowest BCUT2D eigenvalue weighted by atomic mass is 10.2. The summed E-state index contributed by atoms with van der Waals surface area (Å²) in [5.41, 5.74) is 2.71. The minimum absolute atomic E-state index is 0.126. The Labute approximate surface area is 132 Å². The van der Waals surface area contributed by atoms with Crippen LogP contribution < -0.4 is 5.32 Å². The van der Waals surface area contributed by atoms with Gasteiger partial charge in [0.25, 0.3) is 5.91 Å². The minimum Gasteiger partial charge on any atom is -0.361 e. The molecule has 3 rings (SSSR count). The van der Waals surface area contributed by atoms with Crippen LogP contribution in [0.1, 0.15) is 26.7 Å². The summed E-state index contributed by atoms with van der Waals surface area (Å²) in [6.07, 6.45) is 1.59. The number of hydrogen-bond donors (Lipinski definition) is 1. The van der Waals surface area contributed by atoms with Gasteiger partial charge in [-0.15, -0.1) is 11.3 Å². The first kappa shape index (κ1) is 14.5. The molecular weight excluding hydrogens is 298 g/mol. The van der Waals surface area contributed by atoms with E-state index in [1.54, 1.807) is 6.20 Å². The number of carbonyl (C=O) groups excluding carboxylic acids is 1. The van der Waals surface area contributed by atoms with Crippen molar-refractivity contribution in [2.75, 3.05) is 0 Å². The van der Waals surface area contributed by atoms with Gasteiger partial charge < -0.3 is 9.84 Å². The summed E-state index contributed by atoms with van der Waals surface area (Å²) in [4.78, 5) is 17.1. The number of hydrogen-bond acceptors (Lipinski definition) is 5. The number of carbonyl (C=O) groups is 1. The van der Waals surface area contributed by atoms with Gasteiger partial charge in [-0.25, -0.2) is 4.98 Å². The van der Waals surface area contributed by atoms with E-state index in [1.165, 1.54) is 11.3 Å². The minimum atomic E-state index is -0.126. The van der Waals surface area contributed by atoms with E-state index >= 15 is 0 Å². The molecule has 112 valence electrons. The molecule has 0 aliphatic carbocycles. The number of thiazole rings is 1. The van der Waals surface area contributed by atoms with Crippen LogP contribution in [0.3, 0.4) is 0 Å². The summed E-state index contributed by atoms with van der Waals surface area (Å²) in [6, 6.07) is 9.79. The van der Waals surface area contributed by atoms with Crippen molar-refractivity contribution in [2.24, 2.45) is 0 Å². The monoisotopic (exact) mass is 313 g/mol. The number of nitrogens with one attached hydrogen (secondary N) is 1. The zero-order chi connectivity index (χ0) is 15.5. The molecule has 0 spiro atoms. The van der Waals surface area contributed by atoms with Gasteiger partial charge in [0, 0.05) is 6.54 Å². The molecule has 0 aliphatic rings. The molecule has 0 unspecified atom stereocenters. The molecule has 6 heteroatoms. The number of amides is 1. The Morgan fingerprint density at radius 1 is 1.27 bits per heavy atom. The van der Waals surface area contributed by atoms with Gasteiger partial charge in [-0.2, -0.15) is 0 Å². The van der Waals surface area contributed by atoms with E-state index in [9.17, 15) is 4.79 Å². The summed E-state index contributed by atoms with van der Waals surface area (Å²) < 4.78 is 5.14. The summed E-state index contributed by atoms with van der Waals surface area (Å²) in [6.45, 7) is 4.20. The van der Waals surface area contributed by atoms with Crippen molar-refractivity contribution in [2.45, 2.75) is 20.4 Å². The fourth-order valence-electron chi connectivity index (χ4n) is 2.15. The maximum Gasteiger partial charge on any atom is 0.263 e. The van der Waals surface area contributed by atoms with Crippen molar-refractivity contribution >= 4 is 17.2 Å². The molecule has 3 aromatic rings. The number of nitrogens with zero attached hydrogens (tertiary/aromatic N) is 2. The summed E-state index contributed by atoms with van der Waals surface area (Å²) >= 11 is 1.34. The van der Waals surface area contributed by atoms with Crippen LogP contribution in [0.15, 0.2) is 41.1 Å². The quantitative estimate of drug-likeness (QED) is 0.802. The van der Waals surface area contributed by atoms with E-state index in [4.69, 9.17) is 4.52 Å². The van der Waals surface area contributed by atoms with Crippen molar-refractivity contribution < 1.29 is 9.32 Å². The molecule has 1 N–H and O–H groups in total. The molecule has 0 saturated heterocycles. The number of aryl methyl sites for hydroxylation is 2. The second kappa shape index (κ2) is 6.11. The van der Waals surface area contributed by atoms with Crippen molar-refractivity contribution in [1.29, 1.82) is 0 Å². The molecular formula is C16H15N3O2S. The van der Waals surface area contributed by atoms with Crippen LogP contribution in [-0.2, 0) is 6.54 Å². The first-order valence-corrected chi connectivity index (χ1v) is 7.68.